The molecule has 1 fully saturated rings. The van der Waals surface area contributed by atoms with Crippen LogP contribution in [0, 0.1) is 12.7 Å². The predicted octanol–water partition coefficient (Wildman–Crippen LogP) is 3.76. The quantitative estimate of drug-likeness (QED) is 0.685. The van der Waals surface area contributed by atoms with E-state index in [1.165, 1.54) is 11.6 Å². The zero-order valence-electron chi connectivity index (χ0n) is 16.2. The molecule has 2 N–H and O–H groups in total. The van der Waals surface area contributed by atoms with Gasteiger partial charge in [0.05, 0.1) is 11.9 Å². The average Bonchev–Trinajstić information content (AvgIpc) is 3.29. The van der Waals surface area contributed by atoms with Crippen LogP contribution in [-0.2, 0) is 11.2 Å². The van der Waals surface area contributed by atoms with E-state index in [0.717, 1.165) is 42.7 Å². The van der Waals surface area contributed by atoms with E-state index >= 15 is 0 Å². The number of aryl methyl sites for hydroxylation is 1. The van der Waals surface area contributed by atoms with Crippen molar-refractivity contribution < 1.29 is 9.18 Å². The highest BCUT2D eigenvalue weighted by Gasteiger charge is 2.23. The number of nitrogens with zero attached hydrogens (tertiary/aromatic N) is 1. The second kappa shape index (κ2) is 8.15. The minimum Gasteiger partial charge on any atom is -0.356 e. The maximum atomic E-state index is 13.9. The standard InChI is InChI=1S/C23H26FN3O/c1-16-20(19-8-5-9-21(24)23(19)26-16)14-22(28)25-11-13-27-12-10-18(15-27)17-6-3-2-4-7-17/h2-9,18,26H,10-15H2,1H3,(H,25,28)/t18-/m0/s1. The Balaban J connectivity index is 1.28. The predicted molar refractivity (Wildman–Crippen MR) is 110 cm³/mol. The number of hydrogen-bond donors (Lipinski definition) is 2. The maximum absolute atomic E-state index is 13.9. The number of H-pyrrole nitrogens is 1. The Morgan fingerprint density at radius 1 is 1.21 bits per heavy atom. The molecule has 0 spiro atoms. The molecule has 1 atom stereocenters. The number of aromatic nitrogens is 1. The summed E-state index contributed by atoms with van der Waals surface area (Å²) in [4.78, 5) is 17.9. The third kappa shape index (κ3) is 3.94. The van der Waals surface area contributed by atoms with Gasteiger partial charge >= 0.3 is 0 Å². The normalized spacial score (nSPS) is 17.3. The molecule has 5 heteroatoms. The monoisotopic (exact) mass is 379 g/mol. The number of nitrogens with one attached hydrogen (secondary N) is 2. The molecule has 28 heavy (non-hydrogen) atoms. The summed E-state index contributed by atoms with van der Waals surface area (Å²) in [5, 5.41) is 3.81. The third-order valence-corrected chi connectivity index (χ3v) is 5.73. The molecule has 0 radical (unpaired) electrons. The highest BCUT2D eigenvalue weighted by Crippen LogP contribution is 2.27. The highest BCUT2D eigenvalue weighted by atomic mass is 19.1. The summed E-state index contributed by atoms with van der Waals surface area (Å²) >= 11 is 0. The summed E-state index contributed by atoms with van der Waals surface area (Å²) in [6.07, 6.45) is 1.43. The molecular formula is C23H26FN3O. The van der Waals surface area contributed by atoms with Gasteiger partial charge in [-0.1, -0.05) is 42.5 Å². The van der Waals surface area contributed by atoms with Crippen LogP contribution in [0.5, 0.6) is 0 Å². The van der Waals surface area contributed by atoms with Crippen molar-refractivity contribution in [2.24, 2.45) is 0 Å². The zero-order chi connectivity index (χ0) is 19.5. The molecule has 1 aromatic heterocycles. The van der Waals surface area contributed by atoms with Crippen LogP contribution >= 0.6 is 0 Å². The van der Waals surface area contributed by atoms with Gasteiger partial charge in [0, 0.05) is 30.7 Å². The summed E-state index contributed by atoms with van der Waals surface area (Å²) in [7, 11) is 0. The number of fused-ring (bicyclic) bond motifs is 1. The van der Waals surface area contributed by atoms with Crippen molar-refractivity contribution in [3.05, 3.63) is 71.2 Å². The van der Waals surface area contributed by atoms with Crippen molar-refractivity contribution in [3.8, 4) is 0 Å². The number of likely N-dealkylation sites (tertiary alicyclic amines) is 1. The zero-order valence-corrected chi connectivity index (χ0v) is 16.2. The van der Waals surface area contributed by atoms with Crippen molar-refractivity contribution in [1.29, 1.82) is 0 Å². The highest BCUT2D eigenvalue weighted by molar-refractivity contribution is 5.90. The van der Waals surface area contributed by atoms with Gasteiger partial charge < -0.3 is 15.2 Å². The SMILES string of the molecule is Cc1[nH]c2c(F)cccc2c1CC(=O)NCCN1CC[C@H](c2ccccc2)C1. The maximum Gasteiger partial charge on any atom is 0.224 e. The number of halogens is 1. The fourth-order valence-electron chi connectivity index (χ4n) is 4.20. The van der Waals surface area contributed by atoms with Crippen molar-refractivity contribution in [2.75, 3.05) is 26.2 Å². The van der Waals surface area contributed by atoms with Gasteiger partial charge in [-0.2, -0.15) is 0 Å². The van der Waals surface area contributed by atoms with Crippen molar-refractivity contribution in [2.45, 2.75) is 25.7 Å². The van der Waals surface area contributed by atoms with Crippen molar-refractivity contribution in [3.63, 3.8) is 0 Å². The molecule has 0 saturated carbocycles. The minimum atomic E-state index is -0.283. The lowest BCUT2D eigenvalue weighted by atomic mass is 9.99. The van der Waals surface area contributed by atoms with E-state index in [9.17, 15) is 9.18 Å². The number of amides is 1. The van der Waals surface area contributed by atoms with Crippen LogP contribution in [-0.4, -0.2) is 42.0 Å². The molecule has 1 aliphatic rings. The van der Waals surface area contributed by atoms with Crippen LogP contribution in [0.4, 0.5) is 4.39 Å². The number of carbonyl (C=O) groups is 1. The van der Waals surface area contributed by atoms with Gasteiger partial charge in [-0.05, 0) is 43.0 Å². The molecule has 0 aliphatic carbocycles. The Labute approximate surface area is 164 Å². The van der Waals surface area contributed by atoms with E-state index in [1.54, 1.807) is 6.07 Å². The molecule has 3 aromatic rings. The average molecular weight is 379 g/mol. The van der Waals surface area contributed by atoms with Crippen LogP contribution < -0.4 is 5.32 Å². The summed E-state index contributed by atoms with van der Waals surface area (Å²) in [5.41, 5.74) is 3.60. The molecule has 4 nitrogen and oxygen atoms in total. The molecule has 1 aliphatic heterocycles. The number of hydrogen-bond acceptors (Lipinski definition) is 2. The Kier molecular flexibility index (Phi) is 5.44. The Morgan fingerprint density at radius 2 is 2.04 bits per heavy atom. The van der Waals surface area contributed by atoms with Crippen LogP contribution in [0.25, 0.3) is 10.9 Å². The fraction of sp³-hybridized carbons (Fsp3) is 0.348. The molecule has 2 aromatic carbocycles. The van der Waals surface area contributed by atoms with Gasteiger partial charge in [0.1, 0.15) is 5.82 Å². The van der Waals surface area contributed by atoms with Gasteiger partial charge in [0.2, 0.25) is 5.91 Å². The molecule has 2 heterocycles. The molecule has 4 rings (SSSR count). The number of carbonyl (C=O) groups excluding carboxylic acids is 1. The first-order chi connectivity index (χ1) is 13.6. The van der Waals surface area contributed by atoms with Crippen LogP contribution in [0.2, 0.25) is 0 Å². The minimum absolute atomic E-state index is 0.0212. The fourth-order valence-corrected chi connectivity index (χ4v) is 4.20. The lowest BCUT2D eigenvalue weighted by Gasteiger charge is -2.16. The van der Waals surface area contributed by atoms with Crippen LogP contribution in [0.1, 0.15) is 29.2 Å². The Bertz CT molecular complexity index is 967. The van der Waals surface area contributed by atoms with E-state index in [1.807, 2.05) is 13.0 Å². The van der Waals surface area contributed by atoms with E-state index in [-0.39, 0.29) is 18.1 Å². The molecular weight excluding hydrogens is 353 g/mol. The second-order valence-electron chi connectivity index (χ2n) is 7.61. The van der Waals surface area contributed by atoms with E-state index in [0.29, 0.717) is 18.0 Å². The number of benzene rings is 2. The van der Waals surface area contributed by atoms with Gasteiger partial charge in [-0.25, -0.2) is 4.39 Å². The summed E-state index contributed by atoms with van der Waals surface area (Å²) < 4.78 is 13.9. The Hall–Kier alpha value is -2.66. The summed E-state index contributed by atoms with van der Waals surface area (Å²) in [6.45, 7) is 5.49. The van der Waals surface area contributed by atoms with Crippen molar-refractivity contribution >= 4 is 16.8 Å². The van der Waals surface area contributed by atoms with Gasteiger partial charge in [0.25, 0.3) is 0 Å². The lowest BCUT2D eigenvalue weighted by molar-refractivity contribution is -0.120. The molecule has 1 saturated heterocycles. The van der Waals surface area contributed by atoms with E-state index in [2.05, 4.69) is 45.5 Å². The van der Waals surface area contributed by atoms with Crippen LogP contribution in [0.15, 0.2) is 48.5 Å². The smallest absolute Gasteiger partial charge is 0.224 e. The Morgan fingerprint density at radius 3 is 2.86 bits per heavy atom. The van der Waals surface area contributed by atoms with Gasteiger partial charge in [-0.15, -0.1) is 0 Å². The number of rotatable bonds is 6. The first kappa shape index (κ1) is 18.7. The first-order valence-electron chi connectivity index (χ1n) is 9.91. The van der Waals surface area contributed by atoms with Gasteiger partial charge in [-0.3, -0.25) is 4.79 Å². The van der Waals surface area contributed by atoms with Crippen LogP contribution in [0.3, 0.4) is 0 Å². The first-order valence-corrected chi connectivity index (χ1v) is 9.91. The van der Waals surface area contributed by atoms with E-state index < -0.39 is 0 Å². The summed E-state index contributed by atoms with van der Waals surface area (Å²) in [5.74, 6) is 0.280. The molecule has 0 unspecified atom stereocenters. The largest absolute Gasteiger partial charge is 0.356 e. The second-order valence-corrected chi connectivity index (χ2v) is 7.61. The molecule has 1 amide bonds. The van der Waals surface area contributed by atoms with Gasteiger partial charge in [0.15, 0.2) is 0 Å². The number of para-hydroxylation sites is 1. The van der Waals surface area contributed by atoms with E-state index in [4.69, 9.17) is 0 Å². The topological polar surface area (TPSA) is 48.1 Å². The molecule has 146 valence electrons. The summed E-state index contributed by atoms with van der Waals surface area (Å²) in [6, 6.07) is 15.6. The third-order valence-electron chi connectivity index (χ3n) is 5.73. The van der Waals surface area contributed by atoms with Crippen molar-refractivity contribution in [1.82, 2.24) is 15.2 Å². The number of aromatic amines is 1. The molecule has 0 bridgehead atoms. The lowest BCUT2D eigenvalue weighted by Crippen LogP contribution is -2.34.